The van der Waals surface area contributed by atoms with Gasteiger partial charge in [0.05, 0.1) is 19.3 Å². The maximum atomic E-state index is 9.95. The average molecular weight is 279 g/mol. The zero-order valence-electron chi connectivity index (χ0n) is 13.1. The van der Waals surface area contributed by atoms with Gasteiger partial charge in [-0.05, 0) is 42.3 Å². The SMILES string of the molecule is CCC(C)(CC)COCc1cccc(C(O)CCN)c1. The summed E-state index contributed by atoms with van der Waals surface area (Å²) in [6.45, 7) is 8.53. The number of nitrogens with two attached hydrogens (primary N) is 1. The summed E-state index contributed by atoms with van der Waals surface area (Å²) in [7, 11) is 0. The van der Waals surface area contributed by atoms with Gasteiger partial charge in [-0.3, -0.25) is 0 Å². The molecule has 0 aromatic heterocycles. The number of benzene rings is 1. The van der Waals surface area contributed by atoms with Crippen molar-refractivity contribution >= 4 is 0 Å². The molecule has 0 heterocycles. The molecule has 0 amide bonds. The van der Waals surface area contributed by atoms with Crippen molar-refractivity contribution in [2.24, 2.45) is 11.1 Å². The van der Waals surface area contributed by atoms with Gasteiger partial charge in [0.25, 0.3) is 0 Å². The number of hydrogen-bond donors (Lipinski definition) is 2. The Kier molecular flexibility index (Phi) is 7.20. The number of ether oxygens (including phenoxy) is 1. The second-order valence-corrected chi connectivity index (χ2v) is 5.85. The molecule has 3 heteroatoms. The van der Waals surface area contributed by atoms with E-state index in [1.54, 1.807) is 0 Å². The van der Waals surface area contributed by atoms with Crippen LogP contribution in [-0.4, -0.2) is 18.3 Å². The second kappa shape index (κ2) is 8.40. The molecule has 0 bridgehead atoms. The van der Waals surface area contributed by atoms with Crippen molar-refractivity contribution < 1.29 is 9.84 Å². The van der Waals surface area contributed by atoms with Gasteiger partial charge in [-0.1, -0.05) is 45.0 Å². The Hall–Kier alpha value is -0.900. The smallest absolute Gasteiger partial charge is 0.0802 e. The third-order valence-corrected chi connectivity index (χ3v) is 4.20. The van der Waals surface area contributed by atoms with E-state index in [4.69, 9.17) is 10.5 Å². The van der Waals surface area contributed by atoms with Crippen LogP contribution >= 0.6 is 0 Å². The Bertz CT molecular complexity index is 388. The van der Waals surface area contributed by atoms with Crippen molar-refractivity contribution in [2.45, 2.75) is 52.7 Å². The van der Waals surface area contributed by atoms with E-state index in [1.165, 1.54) is 0 Å². The van der Waals surface area contributed by atoms with Crippen LogP contribution in [-0.2, 0) is 11.3 Å². The highest BCUT2D eigenvalue weighted by molar-refractivity contribution is 5.24. The first kappa shape index (κ1) is 17.2. The van der Waals surface area contributed by atoms with Crippen molar-refractivity contribution in [2.75, 3.05) is 13.2 Å². The van der Waals surface area contributed by atoms with Crippen molar-refractivity contribution in [1.82, 2.24) is 0 Å². The molecule has 0 saturated carbocycles. The Morgan fingerprint density at radius 2 is 2.00 bits per heavy atom. The molecule has 0 aliphatic rings. The molecule has 1 rings (SSSR count). The first-order chi connectivity index (χ1) is 9.54. The predicted octanol–water partition coefficient (Wildman–Crippen LogP) is 3.41. The van der Waals surface area contributed by atoms with Gasteiger partial charge in [-0.15, -0.1) is 0 Å². The molecule has 1 atom stereocenters. The summed E-state index contributed by atoms with van der Waals surface area (Å²) in [5.74, 6) is 0. The molecule has 0 radical (unpaired) electrons. The van der Waals surface area contributed by atoms with E-state index in [-0.39, 0.29) is 5.41 Å². The van der Waals surface area contributed by atoms with Crippen LogP contribution in [0.4, 0.5) is 0 Å². The monoisotopic (exact) mass is 279 g/mol. The van der Waals surface area contributed by atoms with E-state index in [0.717, 1.165) is 30.6 Å². The van der Waals surface area contributed by atoms with E-state index in [0.29, 0.717) is 19.6 Å². The quantitative estimate of drug-likeness (QED) is 0.728. The summed E-state index contributed by atoms with van der Waals surface area (Å²) in [5.41, 5.74) is 7.77. The van der Waals surface area contributed by atoms with Crippen LogP contribution in [0.5, 0.6) is 0 Å². The molecule has 0 spiro atoms. The lowest BCUT2D eigenvalue weighted by molar-refractivity contribution is 0.0380. The molecule has 1 aromatic rings. The zero-order chi connectivity index (χ0) is 15.0. The Morgan fingerprint density at radius 1 is 1.30 bits per heavy atom. The molecule has 20 heavy (non-hydrogen) atoms. The molecule has 3 N–H and O–H groups in total. The fourth-order valence-electron chi connectivity index (χ4n) is 2.08. The molecule has 0 aliphatic carbocycles. The van der Waals surface area contributed by atoms with E-state index >= 15 is 0 Å². The Morgan fingerprint density at radius 3 is 2.60 bits per heavy atom. The van der Waals surface area contributed by atoms with E-state index in [2.05, 4.69) is 20.8 Å². The van der Waals surface area contributed by atoms with E-state index in [9.17, 15) is 5.11 Å². The number of aliphatic hydroxyl groups is 1. The van der Waals surface area contributed by atoms with E-state index in [1.807, 2.05) is 24.3 Å². The number of hydrogen-bond acceptors (Lipinski definition) is 3. The summed E-state index contributed by atoms with van der Waals surface area (Å²) < 4.78 is 5.86. The fraction of sp³-hybridized carbons (Fsp3) is 0.647. The van der Waals surface area contributed by atoms with Crippen LogP contribution in [0.1, 0.15) is 57.3 Å². The maximum Gasteiger partial charge on any atom is 0.0802 e. The first-order valence-corrected chi connectivity index (χ1v) is 7.59. The molecule has 1 aromatic carbocycles. The fourth-order valence-corrected chi connectivity index (χ4v) is 2.08. The second-order valence-electron chi connectivity index (χ2n) is 5.85. The molecular weight excluding hydrogens is 250 g/mol. The largest absolute Gasteiger partial charge is 0.388 e. The van der Waals surface area contributed by atoms with Gasteiger partial charge >= 0.3 is 0 Å². The lowest BCUT2D eigenvalue weighted by Crippen LogP contribution is -2.21. The highest BCUT2D eigenvalue weighted by Crippen LogP contribution is 2.26. The summed E-state index contributed by atoms with van der Waals surface area (Å²) in [6.07, 6.45) is 2.36. The van der Waals surface area contributed by atoms with Gasteiger partial charge in [0.15, 0.2) is 0 Å². The molecule has 0 aliphatic heterocycles. The van der Waals surface area contributed by atoms with Crippen LogP contribution in [0.3, 0.4) is 0 Å². The highest BCUT2D eigenvalue weighted by atomic mass is 16.5. The summed E-state index contributed by atoms with van der Waals surface area (Å²) in [5, 5.41) is 9.95. The van der Waals surface area contributed by atoms with Gasteiger partial charge in [0.2, 0.25) is 0 Å². The van der Waals surface area contributed by atoms with Gasteiger partial charge in [-0.2, -0.15) is 0 Å². The Labute approximate surface area is 123 Å². The summed E-state index contributed by atoms with van der Waals surface area (Å²) in [6, 6.07) is 7.95. The van der Waals surface area contributed by atoms with Gasteiger partial charge < -0.3 is 15.6 Å². The number of rotatable bonds is 9. The van der Waals surface area contributed by atoms with Crippen LogP contribution < -0.4 is 5.73 Å². The molecule has 3 nitrogen and oxygen atoms in total. The van der Waals surface area contributed by atoms with Crippen molar-refractivity contribution in [3.8, 4) is 0 Å². The van der Waals surface area contributed by atoms with Crippen LogP contribution in [0.15, 0.2) is 24.3 Å². The van der Waals surface area contributed by atoms with Gasteiger partial charge in [-0.25, -0.2) is 0 Å². The minimum absolute atomic E-state index is 0.261. The standard InChI is InChI=1S/C17H29NO2/c1-4-17(3,5-2)13-20-12-14-7-6-8-15(11-14)16(19)9-10-18/h6-8,11,16,19H,4-5,9-10,12-13,18H2,1-3H3. The molecular formula is C17H29NO2. The van der Waals surface area contributed by atoms with Crippen LogP contribution in [0, 0.1) is 5.41 Å². The lowest BCUT2D eigenvalue weighted by atomic mass is 9.86. The molecule has 114 valence electrons. The predicted molar refractivity (Wildman–Crippen MR) is 83.4 cm³/mol. The normalized spacial score (nSPS) is 13.4. The van der Waals surface area contributed by atoms with Crippen LogP contribution in [0.25, 0.3) is 0 Å². The lowest BCUT2D eigenvalue weighted by Gasteiger charge is -2.26. The number of aliphatic hydroxyl groups excluding tert-OH is 1. The first-order valence-electron chi connectivity index (χ1n) is 7.59. The van der Waals surface area contributed by atoms with Crippen molar-refractivity contribution in [3.63, 3.8) is 0 Å². The average Bonchev–Trinajstić information content (AvgIpc) is 2.47. The van der Waals surface area contributed by atoms with Crippen molar-refractivity contribution in [1.29, 1.82) is 0 Å². The topological polar surface area (TPSA) is 55.5 Å². The minimum Gasteiger partial charge on any atom is -0.388 e. The van der Waals surface area contributed by atoms with Crippen LogP contribution in [0.2, 0.25) is 0 Å². The van der Waals surface area contributed by atoms with Crippen molar-refractivity contribution in [3.05, 3.63) is 35.4 Å². The zero-order valence-corrected chi connectivity index (χ0v) is 13.1. The molecule has 0 saturated heterocycles. The van der Waals surface area contributed by atoms with Gasteiger partial charge in [0, 0.05) is 0 Å². The highest BCUT2D eigenvalue weighted by Gasteiger charge is 2.19. The molecule has 0 fully saturated rings. The molecule has 1 unspecified atom stereocenters. The third-order valence-electron chi connectivity index (χ3n) is 4.20. The summed E-state index contributed by atoms with van der Waals surface area (Å²) >= 11 is 0. The maximum absolute atomic E-state index is 9.95. The minimum atomic E-state index is -0.475. The van der Waals surface area contributed by atoms with E-state index < -0.39 is 6.10 Å². The van der Waals surface area contributed by atoms with Gasteiger partial charge in [0.1, 0.15) is 0 Å². The third kappa shape index (κ3) is 5.23. The Balaban J connectivity index is 2.54. The summed E-state index contributed by atoms with van der Waals surface area (Å²) in [4.78, 5) is 0.